The van der Waals surface area contributed by atoms with Gasteiger partial charge in [0.1, 0.15) is 33.6 Å². The van der Waals surface area contributed by atoms with E-state index in [-0.39, 0.29) is 29.7 Å². The van der Waals surface area contributed by atoms with Crippen molar-refractivity contribution in [1.29, 1.82) is 0 Å². The highest BCUT2D eigenvalue weighted by Crippen LogP contribution is 2.32. The molecule has 172 valence electrons. The summed E-state index contributed by atoms with van der Waals surface area (Å²) < 4.78 is 32.4. The molecule has 1 unspecified atom stereocenters. The van der Waals surface area contributed by atoms with E-state index in [0.717, 1.165) is 20.7 Å². The lowest BCUT2D eigenvalue weighted by molar-refractivity contribution is -0.132. The van der Waals surface area contributed by atoms with E-state index in [1.807, 2.05) is 13.8 Å². The Morgan fingerprint density at radius 2 is 1.84 bits per heavy atom. The Balaban J connectivity index is 1.44. The highest BCUT2D eigenvalue weighted by molar-refractivity contribution is 7.89. The number of hydrogen-bond acceptors (Lipinski definition) is 9. The number of rotatable bonds is 5. The second-order valence-corrected chi connectivity index (χ2v) is 11.0. The van der Waals surface area contributed by atoms with Crippen molar-refractivity contribution in [2.45, 2.75) is 45.6 Å². The molecule has 4 rings (SSSR count). The van der Waals surface area contributed by atoms with Crippen LogP contribution in [0.1, 0.15) is 28.8 Å². The minimum atomic E-state index is -3.72. The maximum atomic E-state index is 13.1. The van der Waals surface area contributed by atoms with Gasteiger partial charge < -0.3 is 14.7 Å². The SMILES string of the molecule is Cc1noc(C)c1S(=O)(=O)N1CCN(C(=O)C(C)Nc2ncnc3sc(C)c(C)c23)CC1. The minimum absolute atomic E-state index is 0.101. The first-order chi connectivity index (χ1) is 15.1. The number of thiophene rings is 1. The molecule has 1 aliphatic heterocycles. The molecule has 1 fully saturated rings. The van der Waals surface area contributed by atoms with Crippen LogP contribution in [0.3, 0.4) is 0 Å². The van der Waals surface area contributed by atoms with Gasteiger partial charge in [-0.25, -0.2) is 18.4 Å². The van der Waals surface area contributed by atoms with Gasteiger partial charge in [0.15, 0.2) is 5.76 Å². The summed E-state index contributed by atoms with van der Waals surface area (Å²) in [4.78, 5) is 25.6. The fourth-order valence-electron chi connectivity index (χ4n) is 3.95. The number of sulfonamides is 1. The van der Waals surface area contributed by atoms with Crippen LogP contribution in [0, 0.1) is 27.7 Å². The van der Waals surface area contributed by atoms with Gasteiger partial charge in [-0.05, 0) is 40.2 Å². The van der Waals surface area contributed by atoms with Crippen LogP contribution in [0.5, 0.6) is 0 Å². The lowest BCUT2D eigenvalue weighted by Gasteiger charge is -2.35. The number of amides is 1. The van der Waals surface area contributed by atoms with Gasteiger partial charge in [0.25, 0.3) is 0 Å². The second-order valence-electron chi connectivity index (χ2n) is 7.93. The first-order valence-corrected chi connectivity index (χ1v) is 12.6. The Morgan fingerprint density at radius 3 is 2.47 bits per heavy atom. The van der Waals surface area contributed by atoms with E-state index in [2.05, 4.69) is 20.4 Å². The Hall–Kier alpha value is -2.57. The van der Waals surface area contributed by atoms with Gasteiger partial charge in [0.05, 0.1) is 5.39 Å². The summed E-state index contributed by atoms with van der Waals surface area (Å²) in [5.74, 6) is 0.807. The van der Waals surface area contributed by atoms with Crippen LogP contribution in [-0.4, -0.2) is 70.9 Å². The number of piperazine rings is 1. The fourth-order valence-corrected chi connectivity index (χ4v) is 6.66. The van der Waals surface area contributed by atoms with Crippen molar-refractivity contribution in [2.75, 3.05) is 31.5 Å². The van der Waals surface area contributed by atoms with E-state index in [1.165, 1.54) is 10.6 Å². The monoisotopic (exact) mass is 478 g/mol. The summed E-state index contributed by atoms with van der Waals surface area (Å²) >= 11 is 1.60. The van der Waals surface area contributed by atoms with E-state index in [4.69, 9.17) is 4.52 Å². The number of aryl methyl sites for hydroxylation is 4. The summed E-state index contributed by atoms with van der Waals surface area (Å²) in [6.45, 7) is 10.1. The van der Waals surface area contributed by atoms with Crippen molar-refractivity contribution in [2.24, 2.45) is 0 Å². The van der Waals surface area contributed by atoms with Gasteiger partial charge in [-0.2, -0.15) is 4.31 Å². The maximum Gasteiger partial charge on any atom is 0.248 e. The zero-order chi connectivity index (χ0) is 23.2. The molecule has 0 aliphatic carbocycles. The number of nitrogens with one attached hydrogen (secondary N) is 1. The third-order valence-electron chi connectivity index (χ3n) is 5.81. The Kier molecular flexibility index (Phi) is 5.94. The number of anilines is 1. The molecule has 32 heavy (non-hydrogen) atoms. The molecule has 3 aromatic heterocycles. The molecule has 4 heterocycles. The van der Waals surface area contributed by atoms with Crippen LogP contribution in [0.15, 0.2) is 15.7 Å². The summed E-state index contributed by atoms with van der Waals surface area (Å²) in [6.07, 6.45) is 1.50. The largest absolute Gasteiger partial charge is 0.360 e. The molecule has 1 atom stereocenters. The average molecular weight is 479 g/mol. The molecule has 12 heteroatoms. The molecule has 10 nitrogen and oxygen atoms in total. The molecular weight excluding hydrogens is 452 g/mol. The number of nitrogens with zero attached hydrogens (tertiary/aromatic N) is 5. The van der Waals surface area contributed by atoms with Crippen LogP contribution < -0.4 is 5.32 Å². The Labute approximate surface area is 190 Å². The summed E-state index contributed by atoms with van der Waals surface area (Å²) in [5, 5.41) is 7.91. The Morgan fingerprint density at radius 1 is 1.16 bits per heavy atom. The topological polar surface area (TPSA) is 122 Å². The molecule has 1 N–H and O–H groups in total. The lowest BCUT2D eigenvalue weighted by atomic mass is 10.2. The molecule has 0 saturated carbocycles. The van der Waals surface area contributed by atoms with Gasteiger partial charge >= 0.3 is 0 Å². The van der Waals surface area contributed by atoms with Crippen molar-refractivity contribution in [1.82, 2.24) is 24.3 Å². The molecule has 1 saturated heterocycles. The van der Waals surface area contributed by atoms with Crippen LogP contribution >= 0.6 is 11.3 Å². The van der Waals surface area contributed by atoms with Crippen LogP contribution in [0.25, 0.3) is 10.2 Å². The van der Waals surface area contributed by atoms with Gasteiger partial charge in [0.2, 0.25) is 15.9 Å². The van der Waals surface area contributed by atoms with E-state index in [0.29, 0.717) is 24.6 Å². The first kappa shape index (κ1) is 22.6. The normalized spacial score (nSPS) is 16.5. The molecule has 0 radical (unpaired) electrons. The fraction of sp³-hybridized carbons (Fsp3) is 0.500. The van der Waals surface area contributed by atoms with Crippen molar-refractivity contribution in [3.63, 3.8) is 0 Å². The third kappa shape index (κ3) is 3.86. The zero-order valence-electron chi connectivity index (χ0n) is 18.7. The van der Waals surface area contributed by atoms with Crippen LogP contribution in [-0.2, 0) is 14.8 Å². The maximum absolute atomic E-state index is 13.1. The highest BCUT2D eigenvalue weighted by Gasteiger charge is 2.35. The van der Waals surface area contributed by atoms with Gasteiger partial charge in [-0.3, -0.25) is 4.79 Å². The van der Waals surface area contributed by atoms with Gasteiger partial charge in [-0.1, -0.05) is 5.16 Å². The van der Waals surface area contributed by atoms with Crippen LogP contribution in [0.2, 0.25) is 0 Å². The molecule has 0 aromatic carbocycles. The predicted octanol–water partition coefficient (Wildman–Crippen LogP) is 2.25. The first-order valence-electron chi connectivity index (χ1n) is 10.3. The lowest BCUT2D eigenvalue weighted by Crippen LogP contribution is -2.53. The molecular formula is C20H26N6O4S2. The average Bonchev–Trinajstić information content (AvgIpc) is 3.26. The number of fused-ring (bicyclic) bond motifs is 1. The standard InChI is InChI=1S/C20H26N6O4S2/c1-11-15(5)31-19-16(11)18(21-10-22-19)23-13(3)20(27)25-6-8-26(9-7-25)32(28,29)17-12(2)24-30-14(17)4/h10,13H,6-9H2,1-5H3,(H,21,22,23). The van der Waals surface area contributed by atoms with E-state index < -0.39 is 16.1 Å². The van der Waals surface area contributed by atoms with Crippen LogP contribution in [0.4, 0.5) is 5.82 Å². The third-order valence-corrected chi connectivity index (χ3v) is 9.06. The Bertz CT molecular complexity index is 1260. The summed E-state index contributed by atoms with van der Waals surface area (Å²) in [7, 11) is -3.72. The number of carbonyl (C=O) groups excluding carboxylic acids is 1. The predicted molar refractivity (Wildman–Crippen MR) is 121 cm³/mol. The minimum Gasteiger partial charge on any atom is -0.360 e. The van der Waals surface area contributed by atoms with Crippen molar-refractivity contribution in [3.8, 4) is 0 Å². The van der Waals surface area contributed by atoms with Gasteiger partial charge in [0, 0.05) is 31.1 Å². The quantitative estimate of drug-likeness (QED) is 0.593. The smallest absolute Gasteiger partial charge is 0.248 e. The number of hydrogen-bond donors (Lipinski definition) is 1. The second kappa shape index (κ2) is 8.41. The molecule has 0 spiro atoms. The van der Waals surface area contributed by atoms with Crippen molar-refractivity contribution < 1.29 is 17.7 Å². The summed E-state index contributed by atoms with van der Waals surface area (Å²) in [5.41, 5.74) is 1.44. The van der Waals surface area contributed by atoms with E-state index in [1.54, 1.807) is 37.0 Å². The summed E-state index contributed by atoms with van der Waals surface area (Å²) in [6, 6.07) is -0.515. The molecule has 3 aromatic rings. The van der Waals surface area contributed by atoms with E-state index >= 15 is 0 Å². The highest BCUT2D eigenvalue weighted by atomic mass is 32.2. The van der Waals surface area contributed by atoms with E-state index in [9.17, 15) is 13.2 Å². The van der Waals surface area contributed by atoms with Gasteiger partial charge in [-0.15, -0.1) is 11.3 Å². The molecule has 1 amide bonds. The van der Waals surface area contributed by atoms with Crippen molar-refractivity contribution in [3.05, 3.63) is 28.2 Å². The van der Waals surface area contributed by atoms with Crippen molar-refractivity contribution >= 4 is 43.3 Å². The molecule has 0 bridgehead atoms. The zero-order valence-corrected chi connectivity index (χ0v) is 20.3. The number of aromatic nitrogens is 3. The molecule has 1 aliphatic rings. The number of carbonyl (C=O) groups is 1.